The Bertz CT molecular complexity index is 1120. The van der Waals surface area contributed by atoms with Gasteiger partial charge in [0.15, 0.2) is 0 Å². The smallest absolute Gasteiger partial charge is 0.293 e. The molecule has 4 rings (SSSR count). The van der Waals surface area contributed by atoms with E-state index >= 15 is 0 Å². The zero-order valence-corrected chi connectivity index (χ0v) is 21.4. The van der Waals surface area contributed by atoms with Gasteiger partial charge in [0.1, 0.15) is 23.1 Å². The predicted molar refractivity (Wildman–Crippen MR) is 142 cm³/mol. The minimum absolute atomic E-state index is 0.175. The summed E-state index contributed by atoms with van der Waals surface area (Å²) in [7, 11) is 0. The number of carbonyl (C=O) groups is 2. The first-order chi connectivity index (χ1) is 17.2. The summed E-state index contributed by atoms with van der Waals surface area (Å²) < 4.78 is 10.7. The molecule has 36 heavy (non-hydrogen) atoms. The summed E-state index contributed by atoms with van der Waals surface area (Å²) in [5, 5.41) is 6.29. The second-order valence-electron chi connectivity index (χ2n) is 9.65. The van der Waals surface area contributed by atoms with Crippen LogP contribution in [0.25, 0.3) is 11.1 Å². The van der Waals surface area contributed by atoms with E-state index in [0.717, 1.165) is 48.3 Å². The van der Waals surface area contributed by atoms with Gasteiger partial charge in [-0.25, -0.2) is 4.98 Å². The summed E-state index contributed by atoms with van der Waals surface area (Å²) in [6.45, 7) is 9.85. The molecule has 1 saturated heterocycles. The van der Waals surface area contributed by atoms with Gasteiger partial charge >= 0.3 is 0 Å². The van der Waals surface area contributed by atoms with Crippen molar-refractivity contribution in [2.75, 3.05) is 18.4 Å². The SMILES string of the molecule is CC(C)(C)OC=O.Cc1ccc(NC(=O)c2ncc(OC3CCNCC3)cc2-c2ccccc2)cc1. The van der Waals surface area contributed by atoms with Crippen LogP contribution in [0, 0.1) is 6.92 Å². The highest BCUT2D eigenvalue weighted by Crippen LogP contribution is 2.28. The van der Waals surface area contributed by atoms with Crippen LogP contribution >= 0.6 is 0 Å². The quantitative estimate of drug-likeness (QED) is 0.451. The van der Waals surface area contributed by atoms with Crippen molar-refractivity contribution in [2.45, 2.75) is 52.2 Å². The number of anilines is 1. The van der Waals surface area contributed by atoms with E-state index in [9.17, 15) is 9.59 Å². The van der Waals surface area contributed by atoms with Crippen LogP contribution in [0.2, 0.25) is 0 Å². The number of nitrogens with one attached hydrogen (secondary N) is 2. The van der Waals surface area contributed by atoms with Crippen LogP contribution in [0.5, 0.6) is 5.75 Å². The fourth-order valence-electron chi connectivity index (χ4n) is 3.61. The number of aryl methyl sites for hydroxylation is 1. The van der Waals surface area contributed by atoms with Gasteiger partial charge in [-0.2, -0.15) is 0 Å². The normalized spacial score (nSPS) is 13.7. The molecular weight excluding hydrogens is 454 g/mol. The minimum atomic E-state index is -0.318. The number of amides is 1. The van der Waals surface area contributed by atoms with Crippen molar-refractivity contribution in [3.05, 3.63) is 78.1 Å². The first-order valence-electron chi connectivity index (χ1n) is 12.2. The van der Waals surface area contributed by atoms with E-state index in [0.29, 0.717) is 17.9 Å². The lowest BCUT2D eigenvalue weighted by Crippen LogP contribution is -2.34. The third-order valence-corrected chi connectivity index (χ3v) is 5.46. The van der Waals surface area contributed by atoms with Crippen molar-refractivity contribution in [3.63, 3.8) is 0 Å². The summed E-state index contributed by atoms with van der Waals surface area (Å²) in [6.07, 6.45) is 3.76. The fraction of sp³-hybridized carbons (Fsp3) is 0.345. The minimum Gasteiger partial charge on any atom is -0.489 e. The number of piperidine rings is 1. The molecule has 0 unspecified atom stereocenters. The molecule has 1 aromatic heterocycles. The van der Waals surface area contributed by atoms with Crippen molar-refractivity contribution < 1.29 is 19.1 Å². The van der Waals surface area contributed by atoms with Crippen molar-refractivity contribution in [1.82, 2.24) is 10.3 Å². The zero-order chi connectivity index (χ0) is 26.0. The molecule has 0 atom stereocenters. The van der Waals surface area contributed by atoms with E-state index in [1.54, 1.807) is 6.20 Å². The van der Waals surface area contributed by atoms with Crippen LogP contribution in [0.3, 0.4) is 0 Å². The Balaban J connectivity index is 0.000000454. The maximum Gasteiger partial charge on any atom is 0.293 e. The number of rotatable bonds is 6. The van der Waals surface area contributed by atoms with Crippen LogP contribution in [0.1, 0.15) is 49.7 Å². The van der Waals surface area contributed by atoms with E-state index in [1.165, 1.54) is 0 Å². The molecule has 0 spiro atoms. The highest BCUT2D eigenvalue weighted by molar-refractivity contribution is 6.07. The number of ether oxygens (including phenoxy) is 2. The Morgan fingerprint density at radius 3 is 2.31 bits per heavy atom. The summed E-state index contributed by atoms with van der Waals surface area (Å²) in [4.78, 5) is 27.1. The van der Waals surface area contributed by atoms with Gasteiger partial charge in [-0.3, -0.25) is 9.59 Å². The van der Waals surface area contributed by atoms with Crippen LogP contribution in [-0.2, 0) is 9.53 Å². The molecule has 1 fully saturated rings. The number of nitrogens with zero attached hydrogens (tertiary/aromatic N) is 1. The Morgan fingerprint density at radius 2 is 1.72 bits per heavy atom. The van der Waals surface area contributed by atoms with Gasteiger partial charge in [-0.05, 0) is 77.4 Å². The van der Waals surface area contributed by atoms with Crippen LogP contribution in [-0.4, -0.2) is 42.2 Å². The van der Waals surface area contributed by atoms with Crippen molar-refractivity contribution in [2.24, 2.45) is 0 Å². The van der Waals surface area contributed by atoms with Crippen molar-refractivity contribution in [3.8, 4) is 16.9 Å². The third kappa shape index (κ3) is 8.50. The molecule has 7 nitrogen and oxygen atoms in total. The lowest BCUT2D eigenvalue weighted by Gasteiger charge is -2.24. The molecule has 2 heterocycles. The molecule has 0 aliphatic carbocycles. The third-order valence-electron chi connectivity index (χ3n) is 5.46. The van der Waals surface area contributed by atoms with Gasteiger partial charge in [-0.1, -0.05) is 48.0 Å². The molecular formula is C29H35N3O4. The number of hydrogen-bond acceptors (Lipinski definition) is 6. The van der Waals surface area contributed by atoms with Gasteiger partial charge in [-0.15, -0.1) is 0 Å². The molecule has 0 radical (unpaired) electrons. The molecule has 1 amide bonds. The Labute approximate surface area is 213 Å². The maximum atomic E-state index is 13.0. The van der Waals surface area contributed by atoms with Gasteiger partial charge in [0.25, 0.3) is 12.4 Å². The standard InChI is InChI=1S/C24H25N3O2.C5H10O2/c1-17-7-9-19(10-8-17)27-24(28)23-22(18-5-3-2-4-6-18)15-21(16-26-23)29-20-11-13-25-14-12-20;1-5(2,3)7-4-6/h2-10,15-16,20,25H,11-14H2,1H3,(H,27,28);4H,1-3H3. The van der Waals surface area contributed by atoms with Gasteiger partial charge in [0.05, 0.1) is 6.20 Å². The number of pyridine rings is 1. The summed E-state index contributed by atoms with van der Waals surface area (Å²) >= 11 is 0. The van der Waals surface area contributed by atoms with Gasteiger partial charge in [0.2, 0.25) is 0 Å². The largest absolute Gasteiger partial charge is 0.489 e. The molecule has 0 saturated carbocycles. The Kier molecular flexibility index (Phi) is 9.59. The van der Waals surface area contributed by atoms with Crippen LogP contribution in [0.15, 0.2) is 66.9 Å². The second-order valence-corrected chi connectivity index (χ2v) is 9.65. The van der Waals surface area contributed by atoms with Crippen molar-refractivity contribution in [1.29, 1.82) is 0 Å². The monoisotopic (exact) mass is 489 g/mol. The predicted octanol–water partition coefficient (Wildman–Crippen LogP) is 5.40. The van der Waals surface area contributed by atoms with Crippen LogP contribution in [0.4, 0.5) is 5.69 Å². The number of benzene rings is 2. The topological polar surface area (TPSA) is 89.5 Å². The number of aromatic nitrogens is 1. The molecule has 1 aliphatic rings. The van der Waals surface area contributed by atoms with E-state index in [4.69, 9.17) is 4.74 Å². The molecule has 7 heteroatoms. The van der Waals surface area contributed by atoms with Gasteiger partial charge < -0.3 is 20.1 Å². The first-order valence-corrected chi connectivity index (χ1v) is 12.2. The van der Waals surface area contributed by atoms with E-state index in [2.05, 4.69) is 20.4 Å². The molecule has 1 aliphatic heterocycles. The summed E-state index contributed by atoms with van der Waals surface area (Å²) in [5.41, 5.74) is 3.66. The Morgan fingerprint density at radius 1 is 1.06 bits per heavy atom. The number of carbonyl (C=O) groups excluding carboxylic acids is 2. The second kappa shape index (κ2) is 12.8. The fourth-order valence-corrected chi connectivity index (χ4v) is 3.61. The summed E-state index contributed by atoms with van der Waals surface area (Å²) in [6, 6.07) is 19.5. The van der Waals surface area contributed by atoms with E-state index in [-0.39, 0.29) is 17.6 Å². The molecule has 2 N–H and O–H groups in total. The maximum absolute atomic E-state index is 13.0. The lowest BCUT2D eigenvalue weighted by molar-refractivity contribution is -0.138. The van der Waals surface area contributed by atoms with Crippen LogP contribution < -0.4 is 15.4 Å². The average Bonchev–Trinajstić information content (AvgIpc) is 2.86. The lowest BCUT2D eigenvalue weighted by atomic mass is 10.0. The number of hydrogen-bond donors (Lipinski definition) is 2. The highest BCUT2D eigenvalue weighted by Gasteiger charge is 2.19. The Hall–Kier alpha value is -3.71. The molecule has 190 valence electrons. The van der Waals surface area contributed by atoms with E-state index < -0.39 is 0 Å². The molecule has 2 aromatic carbocycles. The highest BCUT2D eigenvalue weighted by atomic mass is 16.5. The summed E-state index contributed by atoms with van der Waals surface area (Å²) in [5.74, 6) is 0.462. The van der Waals surface area contributed by atoms with Gasteiger partial charge in [0, 0.05) is 11.3 Å². The van der Waals surface area contributed by atoms with E-state index in [1.807, 2.05) is 88.4 Å². The molecule has 0 bridgehead atoms. The average molecular weight is 490 g/mol. The zero-order valence-electron chi connectivity index (χ0n) is 21.4. The molecule has 3 aromatic rings. The van der Waals surface area contributed by atoms with Crippen molar-refractivity contribution >= 4 is 18.1 Å². The first kappa shape index (κ1) is 26.9.